The summed E-state index contributed by atoms with van der Waals surface area (Å²) in [6, 6.07) is 10.2. The third-order valence-corrected chi connectivity index (χ3v) is 4.68. The minimum Gasteiger partial charge on any atom is -0.497 e. The van der Waals surface area contributed by atoms with E-state index < -0.39 is 11.7 Å². The molecule has 0 saturated carbocycles. The first kappa shape index (κ1) is 20.5. The highest BCUT2D eigenvalue weighted by molar-refractivity contribution is 5.67. The van der Waals surface area contributed by atoms with Crippen LogP contribution in [0.3, 0.4) is 0 Å². The highest BCUT2D eigenvalue weighted by Gasteiger charge is 2.31. The molecule has 7 nitrogen and oxygen atoms in total. The van der Waals surface area contributed by atoms with Gasteiger partial charge >= 0.3 is 6.18 Å². The number of aromatic nitrogens is 4. The molecule has 0 aliphatic heterocycles. The van der Waals surface area contributed by atoms with E-state index in [0.717, 1.165) is 12.1 Å². The molecule has 0 amide bonds. The first-order chi connectivity index (χ1) is 14.8. The molecule has 0 radical (unpaired) electrons. The molecular formula is C21H18F3N5O2. The van der Waals surface area contributed by atoms with Crippen LogP contribution in [0.4, 0.5) is 24.8 Å². The zero-order valence-electron chi connectivity index (χ0n) is 16.9. The number of benzene rings is 2. The van der Waals surface area contributed by atoms with Crippen molar-refractivity contribution in [2.45, 2.75) is 13.1 Å². The Labute approximate surface area is 175 Å². The number of fused-ring (bicyclic) bond motifs is 1. The van der Waals surface area contributed by atoms with Gasteiger partial charge in [-0.1, -0.05) is 12.1 Å². The van der Waals surface area contributed by atoms with E-state index in [1.54, 1.807) is 44.5 Å². The SMILES string of the molecule is COc1ccc(OC)c(Nc2ncc3c(C)nc(-c4cccc(C(F)(F)F)c4)n3n2)c1. The van der Waals surface area contributed by atoms with Crippen molar-refractivity contribution in [1.82, 2.24) is 19.6 Å². The number of imidazole rings is 1. The Kier molecular flexibility index (Phi) is 5.14. The molecule has 160 valence electrons. The molecular weight excluding hydrogens is 411 g/mol. The van der Waals surface area contributed by atoms with Gasteiger partial charge in [0.1, 0.15) is 17.0 Å². The molecule has 0 bridgehead atoms. The zero-order valence-corrected chi connectivity index (χ0v) is 16.9. The van der Waals surface area contributed by atoms with E-state index in [9.17, 15) is 13.2 Å². The molecule has 2 heterocycles. The number of rotatable bonds is 5. The predicted molar refractivity (Wildman–Crippen MR) is 109 cm³/mol. The maximum Gasteiger partial charge on any atom is 0.416 e. The van der Waals surface area contributed by atoms with Crippen molar-refractivity contribution in [2.24, 2.45) is 0 Å². The van der Waals surface area contributed by atoms with E-state index in [1.807, 2.05) is 0 Å². The lowest BCUT2D eigenvalue weighted by atomic mass is 10.1. The molecule has 4 rings (SSSR count). The van der Waals surface area contributed by atoms with Gasteiger partial charge in [-0.2, -0.15) is 13.2 Å². The Morgan fingerprint density at radius 3 is 2.55 bits per heavy atom. The second-order valence-corrected chi connectivity index (χ2v) is 6.67. The molecule has 0 unspecified atom stereocenters. The Morgan fingerprint density at radius 2 is 1.84 bits per heavy atom. The first-order valence-corrected chi connectivity index (χ1v) is 9.19. The molecule has 0 saturated heterocycles. The van der Waals surface area contributed by atoms with E-state index in [1.165, 1.54) is 17.7 Å². The van der Waals surface area contributed by atoms with Crippen molar-refractivity contribution in [1.29, 1.82) is 0 Å². The Hall–Kier alpha value is -3.82. The largest absolute Gasteiger partial charge is 0.497 e. The molecule has 0 aliphatic rings. The first-order valence-electron chi connectivity index (χ1n) is 9.19. The highest BCUT2D eigenvalue weighted by atomic mass is 19.4. The Morgan fingerprint density at radius 1 is 1.03 bits per heavy atom. The second-order valence-electron chi connectivity index (χ2n) is 6.67. The van der Waals surface area contributed by atoms with Crippen LogP contribution in [0.15, 0.2) is 48.7 Å². The Bertz CT molecular complexity index is 1250. The van der Waals surface area contributed by atoms with Gasteiger partial charge in [-0.15, -0.1) is 5.10 Å². The summed E-state index contributed by atoms with van der Waals surface area (Å²) in [5.74, 6) is 1.64. The van der Waals surface area contributed by atoms with Crippen LogP contribution < -0.4 is 14.8 Å². The van der Waals surface area contributed by atoms with Crippen LogP contribution in [0.5, 0.6) is 11.5 Å². The minimum atomic E-state index is -4.46. The van der Waals surface area contributed by atoms with Gasteiger partial charge in [0, 0.05) is 11.6 Å². The van der Waals surface area contributed by atoms with Crippen molar-refractivity contribution in [2.75, 3.05) is 19.5 Å². The van der Waals surface area contributed by atoms with Gasteiger partial charge in [0.05, 0.1) is 37.4 Å². The van der Waals surface area contributed by atoms with E-state index in [4.69, 9.17) is 9.47 Å². The van der Waals surface area contributed by atoms with Crippen molar-refractivity contribution >= 4 is 17.2 Å². The van der Waals surface area contributed by atoms with Crippen LogP contribution in [0, 0.1) is 6.92 Å². The summed E-state index contributed by atoms with van der Waals surface area (Å²) in [5.41, 5.74) is 1.28. The summed E-state index contributed by atoms with van der Waals surface area (Å²) in [6.07, 6.45) is -2.90. The molecule has 0 atom stereocenters. The number of anilines is 2. The van der Waals surface area contributed by atoms with E-state index in [2.05, 4.69) is 20.4 Å². The van der Waals surface area contributed by atoms with Gasteiger partial charge in [-0.3, -0.25) is 0 Å². The minimum absolute atomic E-state index is 0.213. The number of hydrogen-bond acceptors (Lipinski definition) is 6. The number of nitrogens with zero attached hydrogens (tertiary/aromatic N) is 4. The number of nitrogens with one attached hydrogen (secondary N) is 1. The van der Waals surface area contributed by atoms with Gasteiger partial charge in [-0.25, -0.2) is 14.5 Å². The fourth-order valence-electron chi connectivity index (χ4n) is 3.13. The highest BCUT2D eigenvalue weighted by Crippen LogP contribution is 2.33. The van der Waals surface area contributed by atoms with Crippen LogP contribution in [-0.4, -0.2) is 33.8 Å². The van der Waals surface area contributed by atoms with E-state index in [0.29, 0.717) is 34.0 Å². The summed E-state index contributed by atoms with van der Waals surface area (Å²) in [5, 5.41) is 7.50. The van der Waals surface area contributed by atoms with Crippen molar-refractivity contribution in [3.8, 4) is 22.9 Å². The van der Waals surface area contributed by atoms with Gasteiger partial charge in [0.2, 0.25) is 5.95 Å². The second kappa shape index (κ2) is 7.78. The number of alkyl halides is 3. The maximum absolute atomic E-state index is 13.2. The van der Waals surface area contributed by atoms with Crippen LogP contribution in [0.2, 0.25) is 0 Å². The lowest BCUT2D eigenvalue weighted by molar-refractivity contribution is -0.137. The van der Waals surface area contributed by atoms with Gasteiger partial charge in [0.25, 0.3) is 0 Å². The quantitative estimate of drug-likeness (QED) is 0.488. The normalized spacial score (nSPS) is 11.5. The van der Waals surface area contributed by atoms with Gasteiger partial charge in [0.15, 0.2) is 5.82 Å². The standard InChI is InChI=1S/C21H18F3N5O2/c1-12-17-11-25-20(27-16-10-15(30-2)7-8-18(16)31-3)28-29(17)19(26-12)13-5-4-6-14(9-13)21(22,23)24/h4-11H,1-3H3,(H,27,28). The molecule has 0 spiro atoms. The molecule has 10 heteroatoms. The fourth-order valence-corrected chi connectivity index (χ4v) is 3.13. The van der Waals surface area contributed by atoms with Crippen LogP contribution in [0.25, 0.3) is 16.9 Å². The Balaban J connectivity index is 1.79. The smallest absolute Gasteiger partial charge is 0.416 e. The van der Waals surface area contributed by atoms with E-state index in [-0.39, 0.29) is 11.8 Å². The van der Waals surface area contributed by atoms with Gasteiger partial charge < -0.3 is 14.8 Å². The summed E-state index contributed by atoms with van der Waals surface area (Å²) >= 11 is 0. The number of aryl methyl sites for hydroxylation is 1. The molecule has 2 aromatic carbocycles. The molecule has 2 aromatic heterocycles. The molecule has 1 N–H and O–H groups in total. The number of hydrogen-bond donors (Lipinski definition) is 1. The van der Waals surface area contributed by atoms with Crippen LogP contribution in [-0.2, 0) is 6.18 Å². The number of methoxy groups -OCH3 is 2. The average molecular weight is 429 g/mol. The lowest BCUT2D eigenvalue weighted by Gasteiger charge is -2.12. The predicted octanol–water partition coefficient (Wildman–Crippen LogP) is 4.88. The van der Waals surface area contributed by atoms with Crippen molar-refractivity contribution < 1.29 is 22.6 Å². The monoisotopic (exact) mass is 429 g/mol. The molecule has 31 heavy (non-hydrogen) atoms. The average Bonchev–Trinajstić information content (AvgIpc) is 3.09. The van der Waals surface area contributed by atoms with E-state index >= 15 is 0 Å². The molecule has 0 aliphatic carbocycles. The zero-order chi connectivity index (χ0) is 22.2. The summed E-state index contributed by atoms with van der Waals surface area (Å²) < 4.78 is 51.5. The molecule has 0 fully saturated rings. The van der Waals surface area contributed by atoms with Gasteiger partial charge in [-0.05, 0) is 31.2 Å². The number of ether oxygens (including phenoxy) is 2. The topological polar surface area (TPSA) is 73.6 Å². The molecule has 4 aromatic rings. The number of halogens is 3. The summed E-state index contributed by atoms with van der Waals surface area (Å²) in [6.45, 7) is 1.74. The van der Waals surface area contributed by atoms with Crippen molar-refractivity contribution in [3.63, 3.8) is 0 Å². The van der Waals surface area contributed by atoms with Crippen molar-refractivity contribution in [3.05, 3.63) is 59.9 Å². The summed E-state index contributed by atoms with van der Waals surface area (Å²) in [7, 11) is 3.08. The lowest BCUT2D eigenvalue weighted by Crippen LogP contribution is -2.06. The third-order valence-electron chi connectivity index (χ3n) is 4.68. The third kappa shape index (κ3) is 3.96. The summed E-state index contributed by atoms with van der Waals surface area (Å²) in [4.78, 5) is 8.71. The van der Waals surface area contributed by atoms with Crippen LogP contribution >= 0.6 is 0 Å². The van der Waals surface area contributed by atoms with Crippen LogP contribution in [0.1, 0.15) is 11.3 Å². The maximum atomic E-state index is 13.2. The fraction of sp³-hybridized carbons (Fsp3) is 0.190.